The normalized spacial score (nSPS) is 42.5. The zero-order valence-corrected chi connectivity index (χ0v) is 8.89. The summed E-state index contributed by atoms with van der Waals surface area (Å²) in [4.78, 5) is 0. The van der Waals surface area contributed by atoms with Crippen molar-refractivity contribution >= 4 is 0 Å². The molecule has 0 aliphatic heterocycles. The Kier molecular flexibility index (Phi) is 2.64. The molecule has 2 aliphatic rings. The summed E-state index contributed by atoms with van der Waals surface area (Å²) < 4.78 is 0. The van der Waals surface area contributed by atoms with Crippen molar-refractivity contribution in [3.8, 4) is 0 Å². The summed E-state index contributed by atoms with van der Waals surface area (Å²) in [6.07, 6.45) is 11.1. The van der Waals surface area contributed by atoms with Crippen LogP contribution in [0.4, 0.5) is 0 Å². The van der Waals surface area contributed by atoms with E-state index in [0.29, 0.717) is 0 Å². The highest BCUT2D eigenvalue weighted by Crippen LogP contribution is 2.43. The Balaban J connectivity index is 2.06. The van der Waals surface area contributed by atoms with Crippen molar-refractivity contribution in [1.82, 2.24) is 0 Å². The first kappa shape index (κ1) is 9.51. The molecule has 2 N–H and O–H groups in total. The number of rotatable bonds is 1. The predicted molar refractivity (Wildman–Crippen MR) is 56.5 cm³/mol. The van der Waals surface area contributed by atoms with E-state index in [2.05, 4.69) is 6.92 Å². The van der Waals surface area contributed by atoms with Crippen molar-refractivity contribution in [1.29, 1.82) is 0 Å². The monoisotopic (exact) mass is 181 g/mol. The fraction of sp³-hybridized carbons (Fsp3) is 1.00. The Labute approximate surface area is 82.1 Å². The molecule has 2 aliphatic carbocycles. The standard InChI is InChI=1S/C12H23N/c1-10-6-4-5-9-12(10,13)11-7-2-3-8-11/h10-11H,2-9,13H2,1H3. The van der Waals surface area contributed by atoms with Crippen molar-refractivity contribution in [2.75, 3.05) is 0 Å². The van der Waals surface area contributed by atoms with Crippen LogP contribution in [0.1, 0.15) is 58.3 Å². The van der Waals surface area contributed by atoms with E-state index >= 15 is 0 Å². The van der Waals surface area contributed by atoms with Gasteiger partial charge in [-0.3, -0.25) is 0 Å². The third-order valence-electron chi connectivity index (χ3n) is 4.53. The van der Waals surface area contributed by atoms with Crippen LogP contribution in [0.25, 0.3) is 0 Å². The van der Waals surface area contributed by atoms with Gasteiger partial charge in [0, 0.05) is 5.54 Å². The molecule has 13 heavy (non-hydrogen) atoms. The maximum Gasteiger partial charge on any atom is 0.0208 e. The fourth-order valence-corrected chi connectivity index (χ4v) is 3.47. The molecule has 2 fully saturated rings. The minimum absolute atomic E-state index is 0.217. The molecule has 0 bridgehead atoms. The van der Waals surface area contributed by atoms with Crippen molar-refractivity contribution in [3.05, 3.63) is 0 Å². The molecule has 0 heterocycles. The summed E-state index contributed by atoms with van der Waals surface area (Å²) >= 11 is 0. The Morgan fingerprint density at radius 2 is 1.62 bits per heavy atom. The van der Waals surface area contributed by atoms with Gasteiger partial charge in [0.2, 0.25) is 0 Å². The van der Waals surface area contributed by atoms with Crippen LogP contribution in [0.15, 0.2) is 0 Å². The van der Waals surface area contributed by atoms with Gasteiger partial charge in [0.25, 0.3) is 0 Å². The van der Waals surface area contributed by atoms with Gasteiger partial charge < -0.3 is 5.73 Å². The van der Waals surface area contributed by atoms with Crippen LogP contribution in [0.3, 0.4) is 0 Å². The minimum Gasteiger partial charge on any atom is -0.325 e. The molecule has 0 saturated heterocycles. The molecule has 0 radical (unpaired) electrons. The van der Waals surface area contributed by atoms with Crippen LogP contribution in [0.2, 0.25) is 0 Å². The van der Waals surface area contributed by atoms with Crippen molar-refractivity contribution in [2.24, 2.45) is 17.6 Å². The summed E-state index contributed by atoms with van der Waals surface area (Å²) in [5, 5.41) is 0. The molecule has 76 valence electrons. The molecule has 2 rings (SSSR count). The van der Waals surface area contributed by atoms with E-state index in [0.717, 1.165) is 11.8 Å². The Morgan fingerprint density at radius 1 is 1.00 bits per heavy atom. The van der Waals surface area contributed by atoms with Crippen molar-refractivity contribution in [3.63, 3.8) is 0 Å². The molecule has 0 aromatic carbocycles. The Bertz CT molecular complexity index is 172. The minimum atomic E-state index is 0.217. The highest BCUT2D eigenvalue weighted by atomic mass is 14.8. The van der Waals surface area contributed by atoms with Crippen LogP contribution in [0, 0.1) is 11.8 Å². The first-order valence-electron chi connectivity index (χ1n) is 6.02. The fourth-order valence-electron chi connectivity index (χ4n) is 3.47. The van der Waals surface area contributed by atoms with Crippen LogP contribution >= 0.6 is 0 Å². The van der Waals surface area contributed by atoms with Crippen LogP contribution in [0.5, 0.6) is 0 Å². The zero-order chi connectivity index (χ0) is 9.31. The molecule has 0 spiro atoms. The number of nitrogens with two attached hydrogens (primary N) is 1. The molecule has 2 saturated carbocycles. The molecule has 2 unspecified atom stereocenters. The van der Waals surface area contributed by atoms with Crippen LogP contribution in [-0.4, -0.2) is 5.54 Å². The van der Waals surface area contributed by atoms with Crippen molar-refractivity contribution in [2.45, 2.75) is 63.8 Å². The summed E-state index contributed by atoms with van der Waals surface area (Å²) in [6, 6.07) is 0. The van der Waals surface area contributed by atoms with E-state index in [1.165, 1.54) is 51.4 Å². The van der Waals surface area contributed by atoms with Crippen molar-refractivity contribution < 1.29 is 0 Å². The Morgan fingerprint density at radius 3 is 2.23 bits per heavy atom. The first-order chi connectivity index (χ1) is 6.23. The van der Waals surface area contributed by atoms with E-state index in [4.69, 9.17) is 5.73 Å². The lowest BCUT2D eigenvalue weighted by atomic mass is 9.66. The number of hydrogen-bond donors (Lipinski definition) is 1. The average molecular weight is 181 g/mol. The van der Waals surface area contributed by atoms with E-state index in [-0.39, 0.29) is 5.54 Å². The SMILES string of the molecule is CC1CCCCC1(N)C1CCCC1. The van der Waals surface area contributed by atoms with Gasteiger partial charge in [-0.15, -0.1) is 0 Å². The molecule has 0 aromatic heterocycles. The summed E-state index contributed by atoms with van der Waals surface area (Å²) in [7, 11) is 0. The molecular weight excluding hydrogens is 158 g/mol. The Hall–Kier alpha value is -0.0400. The third-order valence-corrected chi connectivity index (χ3v) is 4.53. The largest absolute Gasteiger partial charge is 0.325 e. The van der Waals surface area contributed by atoms with E-state index in [1.54, 1.807) is 0 Å². The summed E-state index contributed by atoms with van der Waals surface area (Å²) in [5.41, 5.74) is 6.82. The van der Waals surface area contributed by atoms with Gasteiger partial charge in [0.15, 0.2) is 0 Å². The first-order valence-corrected chi connectivity index (χ1v) is 6.02. The maximum atomic E-state index is 6.61. The van der Waals surface area contributed by atoms with E-state index in [1.807, 2.05) is 0 Å². The van der Waals surface area contributed by atoms with Gasteiger partial charge in [0.05, 0.1) is 0 Å². The summed E-state index contributed by atoms with van der Waals surface area (Å²) in [5.74, 6) is 1.62. The van der Waals surface area contributed by atoms with Gasteiger partial charge in [-0.1, -0.05) is 32.6 Å². The maximum absolute atomic E-state index is 6.61. The quantitative estimate of drug-likeness (QED) is 0.661. The van der Waals surface area contributed by atoms with Gasteiger partial charge >= 0.3 is 0 Å². The van der Waals surface area contributed by atoms with Gasteiger partial charge in [0.1, 0.15) is 0 Å². The third kappa shape index (κ3) is 1.63. The molecule has 1 nitrogen and oxygen atoms in total. The highest BCUT2D eigenvalue weighted by molar-refractivity contribution is 4.99. The second kappa shape index (κ2) is 3.61. The predicted octanol–water partition coefficient (Wildman–Crippen LogP) is 3.08. The smallest absolute Gasteiger partial charge is 0.0208 e. The van der Waals surface area contributed by atoms with Crippen LogP contribution in [-0.2, 0) is 0 Å². The lowest BCUT2D eigenvalue weighted by Gasteiger charge is -2.44. The lowest BCUT2D eigenvalue weighted by Crippen LogP contribution is -2.53. The summed E-state index contributed by atoms with van der Waals surface area (Å²) in [6.45, 7) is 2.37. The highest BCUT2D eigenvalue weighted by Gasteiger charge is 2.41. The molecule has 1 heteroatoms. The number of hydrogen-bond acceptors (Lipinski definition) is 1. The molecule has 0 amide bonds. The molecular formula is C12H23N. The molecule has 0 aromatic rings. The van der Waals surface area contributed by atoms with Crippen LogP contribution < -0.4 is 5.73 Å². The van der Waals surface area contributed by atoms with E-state index < -0.39 is 0 Å². The average Bonchev–Trinajstić information content (AvgIpc) is 2.63. The van der Waals surface area contributed by atoms with Gasteiger partial charge in [-0.25, -0.2) is 0 Å². The second-order valence-electron chi connectivity index (χ2n) is 5.24. The van der Waals surface area contributed by atoms with Gasteiger partial charge in [-0.05, 0) is 37.5 Å². The molecule has 2 atom stereocenters. The van der Waals surface area contributed by atoms with Gasteiger partial charge in [-0.2, -0.15) is 0 Å². The second-order valence-corrected chi connectivity index (χ2v) is 5.24. The van der Waals surface area contributed by atoms with E-state index in [9.17, 15) is 0 Å². The topological polar surface area (TPSA) is 26.0 Å². The lowest BCUT2D eigenvalue weighted by molar-refractivity contribution is 0.130. The zero-order valence-electron chi connectivity index (χ0n) is 8.89.